The summed E-state index contributed by atoms with van der Waals surface area (Å²) in [6, 6.07) is 0.576. The van der Waals surface area contributed by atoms with Crippen LogP contribution in [-0.2, 0) is 11.3 Å². The lowest BCUT2D eigenvalue weighted by molar-refractivity contribution is -0.139. The minimum Gasteiger partial charge on any atom is -0.339 e. The van der Waals surface area contributed by atoms with Crippen LogP contribution in [0.5, 0.6) is 0 Å². The Morgan fingerprint density at radius 3 is 2.62 bits per heavy atom. The van der Waals surface area contributed by atoms with Crippen molar-refractivity contribution >= 4 is 5.91 Å². The Kier molecular flexibility index (Phi) is 4.28. The molecule has 1 aliphatic carbocycles. The molecule has 2 aliphatic heterocycles. The van der Waals surface area contributed by atoms with Gasteiger partial charge in [0, 0.05) is 25.6 Å². The standard InChI is InChI=1S/C17H28N6O/c1-14-18-19-20-23(14)10-2-9-21-11-7-17(8-12-21)6-5-16(24)22(13-17)15-3-4-15/h15H,2-13H2,1H3. The molecule has 0 radical (unpaired) electrons. The Labute approximate surface area is 143 Å². The highest BCUT2D eigenvalue weighted by molar-refractivity contribution is 5.77. The maximum absolute atomic E-state index is 12.1. The predicted octanol–water partition coefficient (Wildman–Crippen LogP) is 1.24. The van der Waals surface area contributed by atoms with E-state index in [2.05, 4.69) is 25.3 Å². The molecular weight excluding hydrogens is 304 g/mol. The van der Waals surface area contributed by atoms with Gasteiger partial charge in [0.2, 0.25) is 5.91 Å². The Balaban J connectivity index is 1.24. The van der Waals surface area contributed by atoms with Crippen LogP contribution in [0.2, 0.25) is 0 Å². The average molecular weight is 332 g/mol. The molecule has 7 heteroatoms. The Morgan fingerprint density at radius 2 is 1.96 bits per heavy atom. The van der Waals surface area contributed by atoms with Crippen molar-refractivity contribution in [2.75, 3.05) is 26.2 Å². The van der Waals surface area contributed by atoms with Crippen LogP contribution in [0.15, 0.2) is 0 Å². The molecule has 1 aromatic rings. The molecule has 3 aliphatic rings. The van der Waals surface area contributed by atoms with E-state index in [4.69, 9.17) is 0 Å². The second-order valence-corrected chi connectivity index (χ2v) is 7.90. The fourth-order valence-corrected chi connectivity index (χ4v) is 4.32. The van der Waals surface area contributed by atoms with E-state index in [9.17, 15) is 4.79 Å². The van der Waals surface area contributed by atoms with Crippen LogP contribution in [0.4, 0.5) is 0 Å². The Morgan fingerprint density at radius 1 is 1.17 bits per heavy atom. The molecule has 0 atom stereocenters. The summed E-state index contributed by atoms with van der Waals surface area (Å²) in [5.41, 5.74) is 0.402. The van der Waals surface area contributed by atoms with Crippen LogP contribution >= 0.6 is 0 Å². The second kappa shape index (κ2) is 6.43. The van der Waals surface area contributed by atoms with E-state index >= 15 is 0 Å². The number of amides is 1. The number of hydrogen-bond donors (Lipinski definition) is 0. The van der Waals surface area contributed by atoms with Crippen molar-refractivity contribution in [3.63, 3.8) is 0 Å². The Bertz CT molecular complexity index is 588. The first-order valence-corrected chi connectivity index (χ1v) is 9.40. The normalized spacial score (nSPS) is 24.7. The van der Waals surface area contributed by atoms with Crippen molar-refractivity contribution in [1.82, 2.24) is 30.0 Å². The van der Waals surface area contributed by atoms with E-state index in [0.717, 1.165) is 44.7 Å². The topological polar surface area (TPSA) is 67.2 Å². The van der Waals surface area contributed by atoms with Gasteiger partial charge in [-0.2, -0.15) is 0 Å². The molecule has 3 fully saturated rings. The summed E-state index contributed by atoms with van der Waals surface area (Å²) in [4.78, 5) is 16.9. The molecule has 0 bridgehead atoms. The lowest BCUT2D eigenvalue weighted by atomic mass is 9.72. The molecule has 0 aromatic carbocycles. The van der Waals surface area contributed by atoms with Gasteiger partial charge < -0.3 is 9.80 Å². The molecule has 7 nitrogen and oxygen atoms in total. The van der Waals surface area contributed by atoms with Gasteiger partial charge in [0.1, 0.15) is 5.82 Å². The van der Waals surface area contributed by atoms with Crippen molar-refractivity contribution in [2.45, 2.75) is 64.5 Å². The summed E-state index contributed by atoms with van der Waals surface area (Å²) in [6.07, 6.45) is 7.91. The van der Waals surface area contributed by atoms with Crippen LogP contribution in [0, 0.1) is 12.3 Å². The summed E-state index contributed by atoms with van der Waals surface area (Å²) >= 11 is 0. The average Bonchev–Trinajstić information content (AvgIpc) is 3.35. The van der Waals surface area contributed by atoms with Crippen LogP contribution in [0.3, 0.4) is 0 Å². The van der Waals surface area contributed by atoms with Crippen molar-refractivity contribution in [3.8, 4) is 0 Å². The Hall–Kier alpha value is -1.50. The highest BCUT2D eigenvalue weighted by Gasteiger charge is 2.44. The lowest BCUT2D eigenvalue weighted by Crippen LogP contribution is -2.52. The van der Waals surface area contributed by atoms with E-state index in [0.29, 0.717) is 17.4 Å². The van der Waals surface area contributed by atoms with Gasteiger partial charge in [0.15, 0.2) is 0 Å². The van der Waals surface area contributed by atoms with Crippen molar-refractivity contribution in [2.24, 2.45) is 5.41 Å². The molecular formula is C17H28N6O. The molecule has 3 heterocycles. The number of tetrazole rings is 1. The van der Waals surface area contributed by atoms with Crippen LogP contribution in [0.1, 0.15) is 50.8 Å². The third kappa shape index (κ3) is 3.31. The van der Waals surface area contributed by atoms with Crippen molar-refractivity contribution < 1.29 is 4.79 Å². The molecule has 1 saturated carbocycles. The number of piperidine rings is 2. The van der Waals surface area contributed by atoms with E-state index in [1.54, 1.807) is 0 Å². The number of carbonyl (C=O) groups is 1. The monoisotopic (exact) mass is 332 g/mol. The second-order valence-electron chi connectivity index (χ2n) is 7.90. The fourth-order valence-electron chi connectivity index (χ4n) is 4.32. The van der Waals surface area contributed by atoms with Gasteiger partial charge in [0.05, 0.1) is 0 Å². The number of aryl methyl sites for hydroxylation is 2. The molecule has 24 heavy (non-hydrogen) atoms. The zero-order valence-corrected chi connectivity index (χ0v) is 14.7. The highest BCUT2D eigenvalue weighted by atomic mass is 16.2. The lowest BCUT2D eigenvalue weighted by Gasteiger charge is -2.47. The minimum atomic E-state index is 0.402. The number of carbonyl (C=O) groups excluding carboxylic acids is 1. The summed E-state index contributed by atoms with van der Waals surface area (Å²) in [5, 5.41) is 11.6. The van der Waals surface area contributed by atoms with Gasteiger partial charge in [-0.05, 0) is 80.9 Å². The van der Waals surface area contributed by atoms with Crippen LogP contribution in [-0.4, -0.2) is 68.1 Å². The molecule has 4 rings (SSSR count). The van der Waals surface area contributed by atoms with E-state index in [1.807, 2.05) is 11.6 Å². The van der Waals surface area contributed by atoms with E-state index in [1.165, 1.54) is 38.8 Å². The number of likely N-dealkylation sites (tertiary alicyclic amines) is 2. The van der Waals surface area contributed by atoms with Gasteiger partial charge in [0.25, 0.3) is 0 Å². The highest BCUT2D eigenvalue weighted by Crippen LogP contribution is 2.43. The summed E-state index contributed by atoms with van der Waals surface area (Å²) in [7, 11) is 0. The van der Waals surface area contributed by atoms with Gasteiger partial charge in [-0.3, -0.25) is 4.79 Å². The van der Waals surface area contributed by atoms with E-state index in [-0.39, 0.29) is 0 Å². The largest absolute Gasteiger partial charge is 0.339 e. The van der Waals surface area contributed by atoms with Crippen molar-refractivity contribution in [3.05, 3.63) is 5.82 Å². The molecule has 1 spiro atoms. The van der Waals surface area contributed by atoms with Crippen LogP contribution in [0.25, 0.3) is 0 Å². The van der Waals surface area contributed by atoms with Gasteiger partial charge in [-0.15, -0.1) is 5.10 Å². The minimum absolute atomic E-state index is 0.402. The summed E-state index contributed by atoms with van der Waals surface area (Å²) in [6.45, 7) is 7.31. The molecule has 0 unspecified atom stereocenters. The maximum atomic E-state index is 12.1. The molecule has 1 aromatic heterocycles. The number of aromatic nitrogens is 4. The first kappa shape index (κ1) is 16.0. The maximum Gasteiger partial charge on any atom is 0.222 e. The number of nitrogens with zero attached hydrogens (tertiary/aromatic N) is 6. The molecule has 132 valence electrons. The summed E-state index contributed by atoms with van der Waals surface area (Å²) < 4.78 is 1.88. The smallest absolute Gasteiger partial charge is 0.222 e. The van der Waals surface area contributed by atoms with Gasteiger partial charge in [-0.25, -0.2) is 4.68 Å². The summed E-state index contributed by atoms with van der Waals surface area (Å²) in [5.74, 6) is 1.29. The van der Waals surface area contributed by atoms with Crippen LogP contribution < -0.4 is 0 Å². The van der Waals surface area contributed by atoms with Gasteiger partial charge >= 0.3 is 0 Å². The fraction of sp³-hybridized carbons (Fsp3) is 0.882. The quantitative estimate of drug-likeness (QED) is 0.811. The third-order valence-electron chi connectivity index (χ3n) is 6.15. The molecule has 0 N–H and O–H groups in total. The zero-order chi connectivity index (χ0) is 16.6. The molecule has 1 amide bonds. The number of rotatable bonds is 5. The molecule has 2 saturated heterocycles. The first-order chi connectivity index (χ1) is 11.7. The first-order valence-electron chi connectivity index (χ1n) is 9.40. The third-order valence-corrected chi connectivity index (χ3v) is 6.15. The predicted molar refractivity (Wildman–Crippen MR) is 89.2 cm³/mol. The zero-order valence-electron chi connectivity index (χ0n) is 14.7. The number of hydrogen-bond acceptors (Lipinski definition) is 5. The van der Waals surface area contributed by atoms with E-state index < -0.39 is 0 Å². The van der Waals surface area contributed by atoms with Gasteiger partial charge in [-0.1, -0.05) is 0 Å². The van der Waals surface area contributed by atoms with Crippen molar-refractivity contribution in [1.29, 1.82) is 0 Å². The SMILES string of the molecule is Cc1nnnn1CCCN1CCC2(CCC(=O)N(C3CC3)C2)CC1.